The van der Waals surface area contributed by atoms with Crippen LogP contribution in [0, 0.1) is 6.92 Å². The van der Waals surface area contributed by atoms with Gasteiger partial charge in [-0.1, -0.05) is 42.0 Å². The smallest absolute Gasteiger partial charge is 0.255 e. The molecule has 0 unspecified atom stereocenters. The van der Waals surface area contributed by atoms with Crippen LogP contribution in [0.1, 0.15) is 28.4 Å². The van der Waals surface area contributed by atoms with Crippen molar-refractivity contribution in [1.82, 2.24) is 15.5 Å². The fourth-order valence-corrected chi connectivity index (χ4v) is 2.55. The van der Waals surface area contributed by atoms with E-state index >= 15 is 0 Å². The third-order valence-corrected chi connectivity index (χ3v) is 3.91. The summed E-state index contributed by atoms with van der Waals surface area (Å²) in [5, 5.41) is 9.88. The number of carbonyl (C=O) groups is 1. The monoisotopic (exact) mass is 335 g/mol. The third kappa shape index (κ3) is 4.07. The molecule has 1 aromatic heterocycles. The molecule has 3 rings (SSSR count). The van der Waals surface area contributed by atoms with E-state index in [4.69, 9.17) is 4.74 Å². The number of ether oxygens (including phenoxy) is 1. The van der Waals surface area contributed by atoms with E-state index in [-0.39, 0.29) is 5.91 Å². The molecule has 0 saturated carbocycles. The fourth-order valence-electron chi connectivity index (χ4n) is 2.55. The lowest BCUT2D eigenvalue weighted by atomic mass is 10.1. The van der Waals surface area contributed by atoms with Crippen molar-refractivity contribution in [2.75, 3.05) is 6.61 Å². The molecule has 2 N–H and O–H groups in total. The van der Waals surface area contributed by atoms with Gasteiger partial charge in [0.15, 0.2) is 0 Å². The van der Waals surface area contributed by atoms with Gasteiger partial charge in [0.2, 0.25) is 0 Å². The van der Waals surface area contributed by atoms with Crippen LogP contribution in [0.2, 0.25) is 0 Å². The van der Waals surface area contributed by atoms with Gasteiger partial charge in [0.25, 0.3) is 5.91 Å². The van der Waals surface area contributed by atoms with Crippen molar-refractivity contribution < 1.29 is 9.53 Å². The Morgan fingerprint density at radius 3 is 2.52 bits per heavy atom. The molecule has 0 aliphatic carbocycles. The van der Waals surface area contributed by atoms with Crippen molar-refractivity contribution in [2.24, 2.45) is 0 Å². The van der Waals surface area contributed by atoms with Gasteiger partial charge in [-0.25, -0.2) is 0 Å². The summed E-state index contributed by atoms with van der Waals surface area (Å²) < 4.78 is 5.42. The molecular formula is C20H21N3O2. The van der Waals surface area contributed by atoms with E-state index in [1.165, 1.54) is 5.56 Å². The van der Waals surface area contributed by atoms with Gasteiger partial charge < -0.3 is 10.1 Å². The van der Waals surface area contributed by atoms with E-state index < -0.39 is 0 Å². The fraction of sp³-hybridized carbons (Fsp3) is 0.200. The predicted molar refractivity (Wildman–Crippen MR) is 97.5 cm³/mol. The second kappa shape index (κ2) is 7.66. The van der Waals surface area contributed by atoms with E-state index in [2.05, 4.69) is 15.5 Å². The van der Waals surface area contributed by atoms with E-state index in [1.54, 1.807) is 6.20 Å². The molecule has 5 heteroatoms. The first-order valence-electron chi connectivity index (χ1n) is 8.27. The van der Waals surface area contributed by atoms with Crippen LogP contribution in [-0.4, -0.2) is 22.7 Å². The van der Waals surface area contributed by atoms with Crippen LogP contribution in [0.4, 0.5) is 0 Å². The summed E-state index contributed by atoms with van der Waals surface area (Å²) in [4.78, 5) is 12.5. The molecule has 0 radical (unpaired) electrons. The molecule has 0 fully saturated rings. The number of aryl methyl sites for hydroxylation is 1. The van der Waals surface area contributed by atoms with Crippen LogP contribution in [0.15, 0.2) is 54.7 Å². The van der Waals surface area contributed by atoms with Crippen molar-refractivity contribution >= 4 is 5.91 Å². The summed E-state index contributed by atoms with van der Waals surface area (Å²) in [7, 11) is 0. The molecule has 2 aromatic carbocycles. The Bertz CT molecular complexity index is 836. The minimum absolute atomic E-state index is 0.154. The highest BCUT2D eigenvalue weighted by Crippen LogP contribution is 2.21. The number of nitrogens with one attached hydrogen (secondary N) is 2. The van der Waals surface area contributed by atoms with E-state index in [9.17, 15) is 4.79 Å². The summed E-state index contributed by atoms with van der Waals surface area (Å²) in [6, 6.07) is 15.7. The Balaban J connectivity index is 1.68. The number of H-pyrrole nitrogens is 1. The summed E-state index contributed by atoms with van der Waals surface area (Å²) in [6.07, 6.45) is 1.56. The van der Waals surface area contributed by atoms with E-state index in [0.29, 0.717) is 18.7 Å². The summed E-state index contributed by atoms with van der Waals surface area (Å²) >= 11 is 0. The standard InChI is InChI=1S/C20H21N3O2/c1-3-25-17-10-6-15(7-11-17)12-21-20(24)18-13-22-23-19(18)16-8-4-14(2)5-9-16/h4-11,13H,3,12H2,1-2H3,(H,21,24)(H,22,23). The summed E-state index contributed by atoms with van der Waals surface area (Å²) in [5.74, 6) is 0.673. The van der Waals surface area contributed by atoms with Gasteiger partial charge in [-0.05, 0) is 31.5 Å². The Morgan fingerprint density at radius 1 is 1.12 bits per heavy atom. The average molecular weight is 335 g/mol. The molecule has 5 nitrogen and oxygen atoms in total. The lowest BCUT2D eigenvalue weighted by Crippen LogP contribution is -2.22. The van der Waals surface area contributed by atoms with E-state index in [1.807, 2.05) is 62.4 Å². The Morgan fingerprint density at radius 2 is 1.84 bits per heavy atom. The molecule has 0 atom stereocenters. The van der Waals surface area contributed by atoms with Crippen LogP contribution in [-0.2, 0) is 6.54 Å². The number of rotatable bonds is 6. The second-order valence-corrected chi connectivity index (χ2v) is 5.78. The number of nitrogens with zero attached hydrogens (tertiary/aromatic N) is 1. The maximum atomic E-state index is 12.5. The maximum Gasteiger partial charge on any atom is 0.255 e. The van der Waals surface area contributed by atoms with Gasteiger partial charge in [0, 0.05) is 12.1 Å². The maximum absolute atomic E-state index is 12.5. The second-order valence-electron chi connectivity index (χ2n) is 5.78. The van der Waals surface area contributed by atoms with E-state index in [0.717, 1.165) is 22.6 Å². The molecule has 1 amide bonds. The average Bonchev–Trinajstić information content (AvgIpc) is 3.11. The summed E-state index contributed by atoms with van der Waals surface area (Å²) in [6.45, 7) is 5.06. The zero-order valence-corrected chi connectivity index (χ0v) is 14.4. The minimum Gasteiger partial charge on any atom is -0.494 e. The summed E-state index contributed by atoms with van der Waals surface area (Å²) in [5.41, 5.74) is 4.38. The van der Waals surface area contributed by atoms with Crippen LogP contribution in [0.5, 0.6) is 5.75 Å². The predicted octanol–water partition coefficient (Wildman–Crippen LogP) is 3.71. The van der Waals surface area contributed by atoms with Crippen molar-refractivity contribution in [3.05, 3.63) is 71.4 Å². The number of aromatic nitrogens is 2. The lowest BCUT2D eigenvalue weighted by Gasteiger charge is -2.08. The molecule has 1 heterocycles. The van der Waals surface area contributed by atoms with Gasteiger partial charge in [0.1, 0.15) is 5.75 Å². The Kier molecular flexibility index (Phi) is 5.14. The van der Waals surface area contributed by atoms with Crippen LogP contribution in [0.3, 0.4) is 0 Å². The highest BCUT2D eigenvalue weighted by atomic mass is 16.5. The van der Waals surface area contributed by atoms with Crippen LogP contribution < -0.4 is 10.1 Å². The van der Waals surface area contributed by atoms with Crippen molar-refractivity contribution in [2.45, 2.75) is 20.4 Å². The molecule has 0 aliphatic heterocycles. The van der Waals surface area contributed by atoms with Crippen LogP contribution >= 0.6 is 0 Å². The largest absolute Gasteiger partial charge is 0.494 e. The van der Waals surface area contributed by atoms with Crippen molar-refractivity contribution in [1.29, 1.82) is 0 Å². The zero-order chi connectivity index (χ0) is 17.6. The number of aromatic amines is 1. The normalized spacial score (nSPS) is 10.5. The minimum atomic E-state index is -0.154. The highest BCUT2D eigenvalue weighted by Gasteiger charge is 2.15. The molecule has 0 spiro atoms. The first kappa shape index (κ1) is 16.8. The van der Waals surface area contributed by atoms with Crippen molar-refractivity contribution in [3.63, 3.8) is 0 Å². The Labute approximate surface area is 147 Å². The zero-order valence-electron chi connectivity index (χ0n) is 14.4. The quantitative estimate of drug-likeness (QED) is 0.721. The van der Waals surface area contributed by atoms with Crippen LogP contribution in [0.25, 0.3) is 11.3 Å². The topological polar surface area (TPSA) is 67.0 Å². The number of carbonyl (C=O) groups excluding carboxylic acids is 1. The SMILES string of the molecule is CCOc1ccc(CNC(=O)c2cn[nH]c2-c2ccc(C)cc2)cc1. The number of amides is 1. The highest BCUT2D eigenvalue weighted by molar-refractivity contribution is 5.99. The first-order valence-corrected chi connectivity index (χ1v) is 8.27. The molecule has 0 aliphatic rings. The number of benzene rings is 2. The van der Waals surface area contributed by atoms with Gasteiger partial charge in [-0.3, -0.25) is 9.89 Å². The molecule has 25 heavy (non-hydrogen) atoms. The molecule has 3 aromatic rings. The van der Waals surface area contributed by atoms with Gasteiger partial charge >= 0.3 is 0 Å². The first-order chi connectivity index (χ1) is 12.2. The number of hydrogen-bond donors (Lipinski definition) is 2. The van der Waals surface area contributed by atoms with Gasteiger partial charge in [-0.2, -0.15) is 5.10 Å². The van der Waals surface area contributed by atoms with Crippen molar-refractivity contribution in [3.8, 4) is 17.0 Å². The molecular weight excluding hydrogens is 314 g/mol. The van der Waals surface area contributed by atoms with Gasteiger partial charge in [0.05, 0.1) is 24.1 Å². The lowest BCUT2D eigenvalue weighted by molar-refractivity contribution is 0.0951. The third-order valence-electron chi connectivity index (χ3n) is 3.91. The molecule has 0 saturated heterocycles. The number of hydrogen-bond acceptors (Lipinski definition) is 3. The van der Waals surface area contributed by atoms with Gasteiger partial charge in [-0.15, -0.1) is 0 Å². The Hall–Kier alpha value is -3.08. The molecule has 0 bridgehead atoms. The molecule has 128 valence electrons.